The minimum absolute atomic E-state index is 0.0263. The lowest BCUT2D eigenvalue weighted by molar-refractivity contribution is -0.149. The van der Waals surface area contributed by atoms with Crippen LogP contribution in [0.1, 0.15) is 149 Å². The van der Waals surface area contributed by atoms with Crippen LogP contribution in [-0.4, -0.2) is 24.6 Å². The highest BCUT2D eigenvalue weighted by atomic mass is 16.5. The van der Waals surface area contributed by atoms with Gasteiger partial charge in [-0.15, -0.1) is 0 Å². The highest BCUT2D eigenvalue weighted by Crippen LogP contribution is 2.13. The van der Waals surface area contributed by atoms with Gasteiger partial charge in [0.1, 0.15) is 0 Å². The fraction of sp³-hybridized carbons (Fsp3) is 0.926. The summed E-state index contributed by atoms with van der Waals surface area (Å²) in [6.07, 6.45) is 22.5. The van der Waals surface area contributed by atoms with E-state index in [4.69, 9.17) is 9.47 Å². The summed E-state index contributed by atoms with van der Waals surface area (Å²) in [6.45, 7) is 6.88. The molecule has 4 heteroatoms. The smallest absolute Gasteiger partial charge is 0.306 e. The molecule has 0 aromatic heterocycles. The Bertz CT molecular complexity index is 408. The monoisotopic (exact) mass is 440 g/mol. The van der Waals surface area contributed by atoms with E-state index in [1.807, 2.05) is 6.92 Å². The molecule has 0 bridgehead atoms. The predicted octanol–water partition coefficient (Wildman–Crippen LogP) is 8.30. The Morgan fingerprint density at radius 2 is 1.03 bits per heavy atom. The Morgan fingerprint density at radius 1 is 0.581 bits per heavy atom. The number of rotatable bonds is 23. The van der Waals surface area contributed by atoms with Crippen LogP contribution in [0, 0.1) is 0 Å². The molecule has 0 aromatic carbocycles. The fourth-order valence-corrected chi connectivity index (χ4v) is 3.78. The average molecular weight is 441 g/mol. The largest absolute Gasteiger partial charge is 0.466 e. The van der Waals surface area contributed by atoms with Gasteiger partial charge in [-0.25, -0.2) is 0 Å². The standard InChI is InChI=1S/C27H52O4/c1-4-6-8-9-10-11-12-13-14-15-16-17-19-24-30-26(28)22-20-23-27(29)31-25(3)21-18-7-5-2/h25H,4-24H2,1-3H3. The molecule has 0 aromatic rings. The third-order valence-electron chi connectivity index (χ3n) is 5.82. The molecule has 0 radical (unpaired) electrons. The molecule has 1 atom stereocenters. The lowest BCUT2D eigenvalue weighted by Crippen LogP contribution is -2.15. The molecule has 31 heavy (non-hydrogen) atoms. The molecule has 0 amide bonds. The zero-order valence-corrected chi connectivity index (χ0v) is 21.1. The van der Waals surface area contributed by atoms with Gasteiger partial charge in [-0.3, -0.25) is 9.59 Å². The first-order valence-electron chi connectivity index (χ1n) is 13.4. The van der Waals surface area contributed by atoms with Crippen molar-refractivity contribution < 1.29 is 19.1 Å². The summed E-state index contributed by atoms with van der Waals surface area (Å²) >= 11 is 0. The Morgan fingerprint density at radius 3 is 1.58 bits per heavy atom. The quantitative estimate of drug-likeness (QED) is 0.118. The van der Waals surface area contributed by atoms with Gasteiger partial charge < -0.3 is 9.47 Å². The second kappa shape index (κ2) is 23.6. The van der Waals surface area contributed by atoms with Crippen LogP contribution in [0.5, 0.6) is 0 Å². The highest BCUT2D eigenvalue weighted by Gasteiger charge is 2.11. The Hall–Kier alpha value is -1.06. The Kier molecular flexibility index (Phi) is 22.8. The van der Waals surface area contributed by atoms with Gasteiger partial charge in [0.2, 0.25) is 0 Å². The molecular weight excluding hydrogens is 388 g/mol. The first kappa shape index (κ1) is 29.9. The van der Waals surface area contributed by atoms with E-state index in [2.05, 4.69) is 13.8 Å². The highest BCUT2D eigenvalue weighted by molar-refractivity contribution is 5.72. The molecule has 184 valence electrons. The summed E-state index contributed by atoms with van der Waals surface area (Å²) in [4.78, 5) is 23.6. The third-order valence-corrected chi connectivity index (χ3v) is 5.82. The van der Waals surface area contributed by atoms with E-state index in [1.165, 1.54) is 83.5 Å². The summed E-state index contributed by atoms with van der Waals surface area (Å²) in [5.74, 6) is -0.393. The molecule has 0 aliphatic heterocycles. The summed E-state index contributed by atoms with van der Waals surface area (Å²) in [5, 5.41) is 0. The van der Waals surface area contributed by atoms with E-state index in [0.29, 0.717) is 25.9 Å². The van der Waals surface area contributed by atoms with Crippen molar-refractivity contribution >= 4 is 11.9 Å². The van der Waals surface area contributed by atoms with Crippen LogP contribution in [-0.2, 0) is 19.1 Å². The van der Waals surface area contributed by atoms with Gasteiger partial charge in [-0.1, -0.05) is 104 Å². The van der Waals surface area contributed by atoms with Gasteiger partial charge in [0.05, 0.1) is 12.7 Å². The van der Waals surface area contributed by atoms with E-state index in [-0.39, 0.29) is 18.0 Å². The molecule has 0 aliphatic carbocycles. The first-order valence-corrected chi connectivity index (χ1v) is 13.4. The fourth-order valence-electron chi connectivity index (χ4n) is 3.78. The number of hydrogen-bond donors (Lipinski definition) is 0. The second-order valence-electron chi connectivity index (χ2n) is 9.11. The Labute approximate surface area is 193 Å². The maximum Gasteiger partial charge on any atom is 0.306 e. The van der Waals surface area contributed by atoms with Crippen LogP contribution in [0.2, 0.25) is 0 Å². The number of unbranched alkanes of at least 4 members (excludes halogenated alkanes) is 14. The van der Waals surface area contributed by atoms with Crippen LogP contribution >= 0.6 is 0 Å². The van der Waals surface area contributed by atoms with Crippen molar-refractivity contribution in [2.75, 3.05) is 6.61 Å². The maximum absolute atomic E-state index is 11.8. The lowest BCUT2D eigenvalue weighted by atomic mass is 10.0. The zero-order valence-electron chi connectivity index (χ0n) is 21.1. The molecule has 0 rings (SSSR count). The summed E-state index contributed by atoms with van der Waals surface area (Å²) in [7, 11) is 0. The number of ether oxygens (including phenoxy) is 2. The van der Waals surface area contributed by atoms with Gasteiger partial charge in [-0.2, -0.15) is 0 Å². The molecule has 0 heterocycles. The van der Waals surface area contributed by atoms with Crippen LogP contribution in [0.3, 0.4) is 0 Å². The van der Waals surface area contributed by atoms with Crippen molar-refractivity contribution in [3.8, 4) is 0 Å². The van der Waals surface area contributed by atoms with E-state index in [9.17, 15) is 9.59 Å². The second-order valence-corrected chi connectivity index (χ2v) is 9.11. The number of carbonyl (C=O) groups is 2. The van der Waals surface area contributed by atoms with Gasteiger partial charge in [0, 0.05) is 12.8 Å². The van der Waals surface area contributed by atoms with E-state index < -0.39 is 0 Å². The number of esters is 2. The molecule has 0 aliphatic rings. The minimum Gasteiger partial charge on any atom is -0.466 e. The third kappa shape index (κ3) is 23.4. The lowest BCUT2D eigenvalue weighted by Gasteiger charge is -2.12. The van der Waals surface area contributed by atoms with Crippen LogP contribution < -0.4 is 0 Å². The number of hydrogen-bond acceptors (Lipinski definition) is 4. The molecular formula is C27H52O4. The maximum atomic E-state index is 11.8. The van der Waals surface area contributed by atoms with E-state index in [0.717, 1.165) is 25.7 Å². The topological polar surface area (TPSA) is 52.6 Å². The van der Waals surface area contributed by atoms with Crippen LogP contribution in [0.4, 0.5) is 0 Å². The summed E-state index contributed by atoms with van der Waals surface area (Å²) in [5.41, 5.74) is 0. The molecule has 0 fully saturated rings. The van der Waals surface area contributed by atoms with Crippen LogP contribution in [0.25, 0.3) is 0 Å². The molecule has 0 spiro atoms. The summed E-state index contributed by atoms with van der Waals surface area (Å²) < 4.78 is 10.7. The Balaban J connectivity index is 3.35. The SMILES string of the molecule is CCCCCCCCCCCCCCCOC(=O)CCCC(=O)OC(C)CCCCC. The predicted molar refractivity (Wildman–Crippen MR) is 130 cm³/mol. The van der Waals surface area contributed by atoms with Gasteiger partial charge in [0.25, 0.3) is 0 Å². The number of carbonyl (C=O) groups excluding carboxylic acids is 2. The van der Waals surface area contributed by atoms with Crippen molar-refractivity contribution in [2.24, 2.45) is 0 Å². The van der Waals surface area contributed by atoms with Crippen molar-refractivity contribution in [3.63, 3.8) is 0 Å². The molecule has 0 saturated carbocycles. The van der Waals surface area contributed by atoms with E-state index in [1.54, 1.807) is 0 Å². The summed E-state index contributed by atoms with van der Waals surface area (Å²) in [6, 6.07) is 0. The van der Waals surface area contributed by atoms with Crippen LogP contribution in [0.15, 0.2) is 0 Å². The molecule has 1 unspecified atom stereocenters. The average Bonchev–Trinajstić information content (AvgIpc) is 2.74. The van der Waals surface area contributed by atoms with Crippen molar-refractivity contribution in [1.29, 1.82) is 0 Å². The molecule has 0 saturated heterocycles. The van der Waals surface area contributed by atoms with Gasteiger partial charge >= 0.3 is 11.9 Å². The van der Waals surface area contributed by atoms with E-state index >= 15 is 0 Å². The molecule has 4 nitrogen and oxygen atoms in total. The van der Waals surface area contributed by atoms with Crippen molar-refractivity contribution in [3.05, 3.63) is 0 Å². The van der Waals surface area contributed by atoms with Gasteiger partial charge in [-0.05, 0) is 32.6 Å². The first-order chi connectivity index (χ1) is 15.1. The van der Waals surface area contributed by atoms with Gasteiger partial charge in [0.15, 0.2) is 0 Å². The van der Waals surface area contributed by atoms with Crippen molar-refractivity contribution in [1.82, 2.24) is 0 Å². The minimum atomic E-state index is -0.201. The van der Waals surface area contributed by atoms with Crippen molar-refractivity contribution in [2.45, 2.75) is 155 Å². The zero-order chi connectivity index (χ0) is 23.0. The molecule has 0 N–H and O–H groups in total. The normalized spacial score (nSPS) is 12.0.